The Kier molecular flexibility index (Phi) is 3.71. The van der Waals surface area contributed by atoms with Gasteiger partial charge in [-0.05, 0) is 37.1 Å². The zero-order valence-electron chi connectivity index (χ0n) is 15.1. The zero-order valence-corrected chi connectivity index (χ0v) is 15.1. The second-order valence-corrected chi connectivity index (χ2v) is 7.11. The van der Waals surface area contributed by atoms with Crippen molar-refractivity contribution in [2.75, 3.05) is 18.0 Å². The molecule has 2 aliphatic rings. The normalized spacial score (nSPS) is 18.4. The monoisotopic (exact) mass is 374 g/mol. The number of carbonyl (C=O) groups excluding carboxylic acids is 2. The maximum Gasteiger partial charge on any atom is 0.322 e. The van der Waals surface area contributed by atoms with Crippen LogP contribution in [-0.4, -0.2) is 45.5 Å². The third-order valence-electron chi connectivity index (χ3n) is 5.43. The van der Waals surface area contributed by atoms with Crippen LogP contribution in [0.25, 0.3) is 22.3 Å². The van der Waals surface area contributed by atoms with E-state index in [1.54, 1.807) is 12.4 Å². The number of nitrogens with zero attached hydrogens (tertiary/aromatic N) is 4. The first kappa shape index (κ1) is 16.6. The molecular weight excluding hydrogens is 356 g/mol. The summed E-state index contributed by atoms with van der Waals surface area (Å²) in [5.41, 5.74) is 0.909. The number of amides is 3. The minimum atomic E-state index is -0.803. The molecule has 8 heteroatoms. The first-order chi connectivity index (χ1) is 13.6. The van der Waals surface area contributed by atoms with Gasteiger partial charge in [0.2, 0.25) is 0 Å². The number of aromatic nitrogens is 3. The fraction of sp³-hybridized carbons (Fsp3) is 0.250. The molecule has 1 spiro atoms. The molecule has 28 heavy (non-hydrogen) atoms. The van der Waals surface area contributed by atoms with Crippen LogP contribution in [0.4, 0.5) is 10.6 Å². The van der Waals surface area contributed by atoms with Gasteiger partial charge in [-0.1, -0.05) is 12.1 Å². The van der Waals surface area contributed by atoms with E-state index in [0.29, 0.717) is 31.8 Å². The number of hydrogen-bond donors (Lipinski definition) is 2. The summed E-state index contributed by atoms with van der Waals surface area (Å²) < 4.78 is 0. The number of pyridine rings is 1. The highest BCUT2D eigenvalue weighted by Gasteiger charge is 2.48. The van der Waals surface area contributed by atoms with Gasteiger partial charge in [0.05, 0.1) is 5.52 Å². The summed E-state index contributed by atoms with van der Waals surface area (Å²) in [6.07, 6.45) is 4.53. The highest BCUT2D eigenvalue weighted by atomic mass is 16.2. The number of para-hydroxylation sites is 1. The molecule has 8 nitrogen and oxygen atoms in total. The van der Waals surface area contributed by atoms with Crippen molar-refractivity contribution in [2.24, 2.45) is 0 Å². The summed E-state index contributed by atoms with van der Waals surface area (Å²) in [7, 11) is 0. The van der Waals surface area contributed by atoms with Crippen molar-refractivity contribution < 1.29 is 9.59 Å². The molecule has 2 aliphatic heterocycles. The number of rotatable bonds is 2. The maximum atomic E-state index is 12.2. The van der Waals surface area contributed by atoms with E-state index < -0.39 is 11.6 Å². The molecule has 0 radical (unpaired) electrons. The fourth-order valence-electron chi connectivity index (χ4n) is 3.91. The first-order valence-corrected chi connectivity index (χ1v) is 9.20. The van der Waals surface area contributed by atoms with Gasteiger partial charge in [0.25, 0.3) is 5.91 Å². The van der Waals surface area contributed by atoms with Crippen LogP contribution in [0.2, 0.25) is 0 Å². The number of hydrogen-bond acceptors (Lipinski definition) is 6. The second-order valence-electron chi connectivity index (χ2n) is 7.11. The molecule has 140 valence electrons. The number of urea groups is 1. The van der Waals surface area contributed by atoms with Gasteiger partial charge in [0.15, 0.2) is 5.82 Å². The Balaban J connectivity index is 1.52. The minimum absolute atomic E-state index is 0.235. The molecule has 1 aromatic carbocycles. The third-order valence-corrected chi connectivity index (χ3v) is 5.43. The van der Waals surface area contributed by atoms with Crippen molar-refractivity contribution in [3.8, 4) is 11.4 Å². The van der Waals surface area contributed by atoms with Gasteiger partial charge in [0, 0.05) is 36.4 Å². The number of piperidine rings is 1. The van der Waals surface area contributed by atoms with Crippen molar-refractivity contribution in [2.45, 2.75) is 18.4 Å². The smallest absolute Gasteiger partial charge is 0.322 e. The Bertz CT molecular complexity index is 1080. The Hall–Kier alpha value is -3.55. The van der Waals surface area contributed by atoms with E-state index in [1.165, 1.54) is 0 Å². The van der Waals surface area contributed by atoms with Crippen LogP contribution in [0.3, 0.4) is 0 Å². The molecule has 0 aliphatic carbocycles. The number of anilines is 1. The topological polar surface area (TPSA) is 100 Å². The number of imide groups is 1. The summed E-state index contributed by atoms with van der Waals surface area (Å²) in [6.45, 7) is 1.22. The molecule has 0 saturated carbocycles. The van der Waals surface area contributed by atoms with Crippen molar-refractivity contribution in [3.05, 3.63) is 48.8 Å². The van der Waals surface area contributed by atoms with Crippen molar-refractivity contribution in [1.82, 2.24) is 25.6 Å². The lowest BCUT2D eigenvalue weighted by Crippen LogP contribution is -2.55. The van der Waals surface area contributed by atoms with E-state index >= 15 is 0 Å². The number of fused-ring (bicyclic) bond motifs is 1. The summed E-state index contributed by atoms with van der Waals surface area (Å²) in [6, 6.07) is 11.3. The Labute approximate surface area is 161 Å². The van der Waals surface area contributed by atoms with Crippen LogP contribution in [0, 0.1) is 0 Å². The highest BCUT2D eigenvalue weighted by Crippen LogP contribution is 2.32. The lowest BCUT2D eigenvalue weighted by Gasteiger charge is -2.38. The standard InChI is InChI=1S/C20H18N6O2/c27-18-20(25-19(28)24-18)7-10-26(11-8-20)17-14-5-1-2-6-15(14)22-16(23-17)13-4-3-9-21-12-13/h1-6,9,12H,7-8,10-11H2,(H2,24,25,27,28). The average molecular weight is 374 g/mol. The van der Waals surface area contributed by atoms with Crippen molar-refractivity contribution >= 4 is 28.7 Å². The predicted octanol–water partition coefficient (Wildman–Crippen LogP) is 1.87. The molecule has 0 bridgehead atoms. The van der Waals surface area contributed by atoms with Gasteiger partial charge in [-0.2, -0.15) is 0 Å². The van der Waals surface area contributed by atoms with Crippen LogP contribution in [0.5, 0.6) is 0 Å². The van der Waals surface area contributed by atoms with Crippen LogP contribution in [0.1, 0.15) is 12.8 Å². The zero-order chi connectivity index (χ0) is 19.1. The van der Waals surface area contributed by atoms with Crippen LogP contribution >= 0.6 is 0 Å². The SMILES string of the molecule is O=C1NC(=O)C2(CCN(c3nc(-c4cccnc4)nc4ccccc34)CC2)N1. The van der Waals surface area contributed by atoms with Gasteiger partial charge in [-0.3, -0.25) is 15.1 Å². The van der Waals surface area contributed by atoms with Gasteiger partial charge >= 0.3 is 6.03 Å². The molecule has 2 aromatic heterocycles. The highest BCUT2D eigenvalue weighted by molar-refractivity contribution is 6.07. The number of carbonyl (C=O) groups is 2. The molecule has 2 N–H and O–H groups in total. The molecule has 0 unspecified atom stereocenters. The number of benzene rings is 1. The van der Waals surface area contributed by atoms with Gasteiger partial charge in [-0.15, -0.1) is 0 Å². The van der Waals surface area contributed by atoms with Crippen LogP contribution in [-0.2, 0) is 4.79 Å². The Morgan fingerprint density at radius 3 is 2.54 bits per heavy atom. The predicted molar refractivity (Wildman–Crippen MR) is 104 cm³/mol. The second kappa shape index (κ2) is 6.26. The molecule has 2 fully saturated rings. The molecule has 4 heterocycles. The van der Waals surface area contributed by atoms with E-state index in [9.17, 15) is 9.59 Å². The molecule has 3 amide bonds. The van der Waals surface area contributed by atoms with E-state index in [0.717, 1.165) is 22.3 Å². The average Bonchev–Trinajstić information content (AvgIpc) is 3.01. The van der Waals surface area contributed by atoms with Crippen molar-refractivity contribution in [3.63, 3.8) is 0 Å². The van der Waals surface area contributed by atoms with Crippen LogP contribution < -0.4 is 15.5 Å². The van der Waals surface area contributed by atoms with Gasteiger partial charge in [0.1, 0.15) is 11.4 Å². The molecule has 5 rings (SSSR count). The summed E-state index contributed by atoms with van der Waals surface area (Å²) >= 11 is 0. The van der Waals surface area contributed by atoms with Gasteiger partial charge < -0.3 is 10.2 Å². The molecular formula is C20H18N6O2. The Morgan fingerprint density at radius 2 is 1.82 bits per heavy atom. The lowest BCUT2D eigenvalue weighted by atomic mass is 9.87. The minimum Gasteiger partial charge on any atom is -0.356 e. The molecule has 3 aromatic rings. The summed E-state index contributed by atoms with van der Waals surface area (Å²) in [4.78, 5) is 39.6. The molecule has 2 saturated heterocycles. The fourth-order valence-corrected chi connectivity index (χ4v) is 3.91. The summed E-state index contributed by atoms with van der Waals surface area (Å²) in [5, 5.41) is 6.11. The van der Waals surface area contributed by atoms with Crippen LogP contribution in [0.15, 0.2) is 48.8 Å². The maximum absolute atomic E-state index is 12.2. The summed E-state index contributed by atoms with van der Waals surface area (Å²) in [5.74, 6) is 1.22. The van der Waals surface area contributed by atoms with Crippen molar-refractivity contribution in [1.29, 1.82) is 0 Å². The lowest BCUT2D eigenvalue weighted by molar-refractivity contribution is -0.124. The first-order valence-electron chi connectivity index (χ1n) is 9.20. The van der Waals surface area contributed by atoms with E-state index in [1.807, 2.05) is 36.4 Å². The quantitative estimate of drug-likeness (QED) is 0.664. The van der Waals surface area contributed by atoms with Gasteiger partial charge in [-0.25, -0.2) is 14.8 Å². The Morgan fingerprint density at radius 1 is 1.00 bits per heavy atom. The third kappa shape index (κ3) is 2.65. The number of nitrogens with one attached hydrogen (secondary N) is 2. The van der Waals surface area contributed by atoms with E-state index in [-0.39, 0.29) is 5.91 Å². The van der Waals surface area contributed by atoms with E-state index in [4.69, 9.17) is 9.97 Å². The largest absolute Gasteiger partial charge is 0.356 e. The molecule has 0 atom stereocenters. The van der Waals surface area contributed by atoms with E-state index in [2.05, 4.69) is 20.5 Å².